The van der Waals surface area contributed by atoms with Crippen LogP contribution in [0.15, 0.2) is 24.3 Å². The van der Waals surface area contributed by atoms with E-state index in [0.29, 0.717) is 11.9 Å². The van der Waals surface area contributed by atoms with E-state index in [0.717, 1.165) is 30.6 Å². The van der Waals surface area contributed by atoms with Crippen LogP contribution in [0.5, 0.6) is 5.75 Å². The average Bonchev–Trinajstić information content (AvgIpc) is 3.00. The number of ether oxygens (including phenoxy) is 1. The van der Waals surface area contributed by atoms with Crippen LogP contribution in [0.2, 0.25) is 0 Å². The van der Waals surface area contributed by atoms with Gasteiger partial charge in [0, 0.05) is 12.3 Å². The van der Waals surface area contributed by atoms with E-state index in [2.05, 4.69) is 0 Å². The summed E-state index contributed by atoms with van der Waals surface area (Å²) in [4.78, 5) is 11.6. The molecule has 2 aliphatic rings. The molecule has 16 heavy (non-hydrogen) atoms. The highest BCUT2D eigenvalue weighted by atomic mass is 16.5. The Balaban J connectivity index is 1.73. The summed E-state index contributed by atoms with van der Waals surface area (Å²) in [7, 11) is 0. The van der Waals surface area contributed by atoms with Crippen molar-refractivity contribution in [1.29, 1.82) is 0 Å². The van der Waals surface area contributed by atoms with Gasteiger partial charge in [-0.25, -0.2) is 0 Å². The number of Topliss-reactive ketones (excluding diaryl/α,β-unsaturated/α-hetero) is 1. The van der Waals surface area contributed by atoms with Gasteiger partial charge in [0.05, 0.1) is 6.10 Å². The summed E-state index contributed by atoms with van der Waals surface area (Å²) in [6.07, 6.45) is 5.63. The number of hydrogen-bond donors (Lipinski definition) is 0. The van der Waals surface area contributed by atoms with E-state index in [-0.39, 0.29) is 5.92 Å². The van der Waals surface area contributed by atoms with E-state index in [1.807, 2.05) is 24.3 Å². The number of carbonyl (C=O) groups is 1. The van der Waals surface area contributed by atoms with Crippen molar-refractivity contribution in [1.82, 2.24) is 0 Å². The summed E-state index contributed by atoms with van der Waals surface area (Å²) in [5.74, 6) is 1.49. The lowest BCUT2D eigenvalue weighted by Crippen LogP contribution is -2.04. The van der Waals surface area contributed by atoms with Crippen molar-refractivity contribution in [3.63, 3.8) is 0 Å². The third-order valence-electron chi connectivity index (χ3n) is 3.41. The highest BCUT2D eigenvalue weighted by Crippen LogP contribution is 2.33. The molecule has 0 aliphatic heterocycles. The molecular formula is C14H16O2. The molecule has 0 spiro atoms. The molecular weight excluding hydrogens is 200 g/mol. The Morgan fingerprint density at radius 1 is 1.06 bits per heavy atom. The number of rotatable bonds is 3. The Morgan fingerprint density at radius 2 is 1.81 bits per heavy atom. The molecule has 2 saturated carbocycles. The van der Waals surface area contributed by atoms with Crippen molar-refractivity contribution in [2.24, 2.45) is 0 Å². The highest BCUT2D eigenvalue weighted by Gasteiger charge is 2.26. The fraction of sp³-hybridized carbons (Fsp3) is 0.500. The Bertz CT molecular complexity index is 390. The molecule has 1 unspecified atom stereocenters. The maximum Gasteiger partial charge on any atom is 0.140 e. The molecule has 1 aromatic carbocycles. The number of ketones is 1. The van der Waals surface area contributed by atoms with Crippen LogP contribution in [0.4, 0.5) is 0 Å². The monoisotopic (exact) mass is 216 g/mol. The first-order valence-corrected chi connectivity index (χ1v) is 6.12. The maximum absolute atomic E-state index is 11.6. The van der Waals surface area contributed by atoms with Crippen LogP contribution >= 0.6 is 0 Å². The van der Waals surface area contributed by atoms with Gasteiger partial charge in [-0.3, -0.25) is 4.79 Å². The van der Waals surface area contributed by atoms with Crippen molar-refractivity contribution >= 4 is 5.78 Å². The molecule has 2 fully saturated rings. The SMILES string of the molecule is O=C1CCCC1c1ccc(OC2CC2)cc1. The molecule has 0 aromatic heterocycles. The minimum atomic E-state index is 0.148. The molecule has 0 saturated heterocycles. The van der Waals surface area contributed by atoms with Crippen molar-refractivity contribution in [2.75, 3.05) is 0 Å². The van der Waals surface area contributed by atoms with Gasteiger partial charge in [-0.15, -0.1) is 0 Å². The van der Waals surface area contributed by atoms with Gasteiger partial charge in [0.25, 0.3) is 0 Å². The lowest BCUT2D eigenvalue weighted by atomic mass is 9.97. The Kier molecular flexibility index (Phi) is 2.43. The molecule has 3 rings (SSSR count). The zero-order valence-corrected chi connectivity index (χ0v) is 9.32. The summed E-state index contributed by atoms with van der Waals surface area (Å²) in [5.41, 5.74) is 1.16. The van der Waals surface area contributed by atoms with Crippen LogP contribution in [0.1, 0.15) is 43.6 Å². The lowest BCUT2D eigenvalue weighted by molar-refractivity contribution is -0.118. The highest BCUT2D eigenvalue weighted by molar-refractivity contribution is 5.87. The molecule has 0 N–H and O–H groups in total. The molecule has 2 nitrogen and oxygen atoms in total. The van der Waals surface area contributed by atoms with Crippen LogP contribution < -0.4 is 4.74 Å². The zero-order chi connectivity index (χ0) is 11.0. The van der Waals surface area contributed by atoms with Gasteiger partial charge < -0.3 is 4.74 Å². The predicted molar refractivity (Wildman–Crippen MR) is 61.7 cm³/mol. The van der Waals surface area contributed by atoms with E-state index >= 15 is 0 Å². The Labute approximate surface area is 95.6 Å². The summed E-state index contributed by atoms with van der Waals surface area (Å²) in [5, 5.41) is 0. The van der Waals surface area contributed by atoms with Crippen molar-refractivity contribution < 1.29 is 9.53 Å². The van der Waals surface area contributed by atoms with Crippen LogP contribution in [0.25, 0.3) is 0 Å². The first-order valence-electron chi connectivity index (χ1n) is 6.12. The fourth-order valence-corrected chi connectivity index (χ4v) is 2.33. The predicted octanol–water partition coefficient (Wildman–Crippen LogP) is 3.06. The van der Waals surface area contributed by atoms with E-state index in [1.165, 1.54) is 12.8 Å². The maximum atomic E-state index is 11.6. The molecule has 2 aliphatic carbocycles. The normalized spacial score (nSPS) is 24.8. The second kappa shape index (κ2) is 3.93. The molecule has 0 heterocycles. The van der Waals surface area contributed by atoms with E-state index in [4.69, 9.17) is 4.74 Å². The van der Waals surface area contributed by atoms with Crippen LogP contribution in [0.3, 0.4) is 0 Å². The van der Waals surface area contributed by atoms with Gasteiger partial charge in [0.2, 0.25) is 0 Å². The quantitative estimate of drug-likeness (QED) is 0.776. The molecule has 1 atom stereocenters. The molecule has 2 heteroatoms. The van der Waals surface area contributed by atoms with Crippen molar-refractivity contribution in [3.8, 4) is 5.75 Å². The van der Waals surface area contributed by atoms with Crippen molar-refractivity contribution in [2.45, 2.75) is 44.1 Å². The smallest absolute Gasteiger partial charge is 0.140 e. The third-order valence-corrected chi connectivity index (χ3v) is 3.41. The van der Waals surface area contributed by atoms with Gasteiger partial charge >= 0.3 is 0 Å². The summed E-state index contributed by atoms with van der Waals surface area (Å²) >= 11 is 0. The van der Waals surface area contributed by atoms with Crippen molar-refractivity contribution in [3.05, 3.63) is 29.8 Å². The van der Waals surface area contributed by atoms with Crippen LogP contribution in [-0.2, 0) is 4.79 Å². The number of hydrogen-bond acceptors (Lipinski definition) is 2. The fourth-order valence-electron chi connectivity index (χ4n) is 2.33. The van der Waals surface area contributed by atoms with E-state index in [1.54, 1.807) is 0 Å². The minimum Gasteiger partial charge on any atom is -0.490 e. The first-order chi connectivity index (χ1) is 7.83. The van der Waals surface area contributed by atoms with E-state index < -0.39 is 0 Å². The second-order valence-electron chi connectivity index (χ2n) is 4.80. The first kappa shape index (κ1) is 9.88. The zero-order valence-electron chi connectivity index (χ0n) is 9.32. The molecule has 1 aromatic rings. The summed E-state index contributed by atoms with van der Waals surface area (Å²) < 4.78 is 5.68. The summed E-state index contributed by atoms with van der Waals surface area (Å²) in [6, 6.07) is 8.09. The molecule has 0 radical (unpaired) electrons. The van der Waals surface area contributed by atoms with Gasteiger partial charge in [-0.2, -0.15) is 0 Å². The standard InChI is InChI=1S/C14H16O2/c15-14-3-1-2-13(14)10-4-6-11(7-5-10)16-12-8-9-12/h4-7,12-13H,1-3,8-9H2. The van der Waals surface area contributed by atoms with Gasteiger partial charge in [-0.05, 0) is 43.4 Å². The number of benzene rings is 1. The Hall–Kier alpha value is -1.31. The van der Waals surface area contributed by atoms with Crippen LogP contribution in [-0.4, -0.2) is 11.9 Å². The Morgan fingerprint density at radius 3 is 2.38 bits per heavy atom. The average molecular weight is 216 g/mol. The van der Waals surface area contributed by atoms with E-state index in [9.17, 15) is 4.79 Å². The van der Waals surface area contributed by atoms with Crippen LogP contribution in [0, 0.1) is 0 Å². The topological polar surface area (TPSA) is 26.3 Å². The molecule has 0 amide bonds. The largest absolute Gasteiger partial charge is 0.490 e. The summed E-state index contributed by atoms with van der Waals surface area (Å²) in [6.45, 7) is 0. The van der Waals surface area contributed by atoms with Gasteiger partial charge in [-0.1, -0.05) is 12.1 Å². The number of carbonyl (C=O) groups excluding carboxylic acids is 1. The van der Waals surface area contributed by atoms with Gasteiger partial charge in [0.15, 0.2) is 0 Å². The molecule has 84 valence electrons. The molecule has 0 bridgehead atoms. The van der Waals surface area contributed by atoms with Gasteiger partial charge in [0.1, 0.15) is 11.5 Å². The third kappa shape index (κ3) is 1.97. The second-order valence-corrected chi connectivity index (χ2v) is 4.80. The lowest BCUT2D eigenvalue weighted by Gasteiger charge is -2.09. The minimum absolute atomic E-state index is 0.148.